The fourth-order valence-electron chi connectivity index (χ4n) is 1.78. The molecule has 17 heavy (non-hydrogen) atoms. The monoisotopic (exact) mass is 276 g/mol. The molecule has 100 valence electrons. The number of rotatable bonds is 7. The molecule has 1 heterocycles. The van der Waals surface area contributed by atoms with E-state index in [9.17, 15) is 4.79 Å². The van der Waals surface area contributed by atoms with E-state index in [1.165, 1.54) is 5.75 Å². The van der Waals surface area contributed by atoms with E-state index in [0.717, 1.165) is 30.2 Å². The molecule has 2 N–H and O–H groups in total. The van der Waals surface area contributed by atoms with Gasteiger partial charge in [0.25, 0.3) is 0 Å². The summed E-state index contributed by atoms with van der Waals surface area (Å²) >= 11 is 3.87. The third kappa shape index (κ3) is 7.21. The molecule has 1 saturated heterocycles. The van der Waals surface area contributed by atoms with Gasteiger partial charge in [-0.05, 0) is 24.9 Å². The van der Waals surface area contributed by atoms with Gasteiger partial charge in [-0.25, -0.2) is 0 Å². The maximum absolute atomic E-state index is 11.8. The molecule has 2 unspecified atom stereocenters. The van der Waals surface area contributed by atoms with Crippen LogP contribution in [-0.2, 0) is 4.79 Å². The Morgan fingerprint density at radius 1 is 1.65 bits per heavy atom. The zero-order valence-electron chi connectivity index (χ0n) is 10.8. The van der Waals surface area contributed by atoms with Crippen LogP contribution in [0.15, 0.2) is 0 Å². The van der Waals surface area contributed by atoms with Gasteiger partial charge in [0.15, 0.2) is 0 Å². The summed E-state index contributed by atoms with van der Waals surface area (Å²) in [4.78, 5) is 11.8. The summed E-state index contributed by atoms with van der Waals surface area (Å²) in [5, 5.41) is 6.47. The van der Waals surface area contributed by atoms with E-state index in [1.807, 2.05) is 23.5 Å². The second-order valence-corrected chi connectivity index (χ2v) is 6.93. The van der Waals surface area contributed by atoms with Crippen molar-refractivity contribution in [3.8, 4) is 0 Å². The molecule has 1 aliphatic heterocycles. The highest BCUT2D eigenvalue weighted by molar-refractivity contribution is 7.99. The van der Waals surface area contributed by atoms with Crippen LogP contribution < -0.4 is 10.6 Å². The lowest BCUT2D eigenvalue weighted by molar-refractivity contribution is -0.122. The number of carbonyl (C=O) groups excluding carboxylic acids is 1. The van der Waals surface area contributed by atoms with Gasteiger partial charge >= 0.3 is 0 Å². The van der Waals surface area contributed by atoms with Gasteiger partial charge in [0.2, 0.25) is 5.91 Å². The average Bonchev–Trinajstić information content (AvgIpc) is 2.30. The van der Waals surface area contributed by atoms with E-state index >= 15 is 0 Å². The maximum Gasteiger partial charge on any atom is 0.221 e. The Kier molecular flexibility index (Phi) is 8.14. The van der Waals surface area contributed by atoms with Gasteiger partial charge in [-0.15, -0.1) is 0 Å². The van der Waals surface area contributed by atoms with Crippen LogP contribution in [-0.4, -0.2) is 47.5 Å². The quantitative estimate of drug-likeness (QED) is 0.695. The summed E-state index contributed by atoms with van der Waals surface area (Å²) < 4.78 is 0. The van der Waals surface area contributed by atoms with Gasteiger partial charge in [0, 0.05) is 36.6 Å². The first kappa shape index (κ1) is 15.2. The second-order valence-electron chi connectivity index (χ2n) is 4.38. The average molecular weight is 276 g/mol. The molecule has 0 radical (unpaired) electrons. The normalized spacial score (nSPS) is 22.1. The summed E-state index contributed by atoms with van der Waals surface area (Å²) in [6.45, 7) is 5.29. The molecular weight excluding hydrogens is 252 g/mol. The van der Waals surface area contributed by atoms with Gasteiger partial charge in [0.1, 0.15) is 0 Å². The van der Waals surface area contributed by atoms with Crippen LogP contribution in [0.1, 0.15) is 26.7 Å². The van der Waals surface area contributed by atoms with Gasteiger partial charge in [-0.1, -0.05) is 6.92 Å². The van der Waals surface area contributed by atoms with Crippen molar-refractivity contribution in [1.29, 1.82) is 0 Å². The number of carbonyl (C=O) groups is 1. The summed E-state index contributed by atoms with van der Waals surface area (Å²) in [6.07, 6.45) is 1.69. The lowest BCUT2D eigenvalue weighted by atomic mass is 10.2. The summed E-state index contributed by atoms with van der Waals surface area (Å²) in [5.74, 6) is 4.72. The molecule has 0 spiro atoms. The minimum Gasteiger partial charge on any atom is -0.354 e. The molecule has 0 aromatic carbocycles. The molecule has 1 aliphatic rings. The van der Waals surface area contributed by atoms with Crippen molar-refractivity contribution in [2.75, 3.05) is 29.6 Å². The summed E-state index contributed by atoms with van der Waals surface area (Å²) in [5.41, 5.74) is 0. The zero-order chi connectivity index (χ0) is 12.5. The minimum atomic E-state index is 0.194. The highest BCUT2D eigenvalue weighted by Crippen LogP contribution is 2.10. The fourth-order valence-corrected chi connectivity index (χ4v) is 3.54. The topological polar surface area (TPSA) is 41.1 Å². The summed E-state index contributed by atoms with van der Waals surface area (Å²) in [6, 6.07) is 0.670. The van der Waals surface area contributed by atoms with Crippen LogP contribution in [0.25, 0.3) is 0 Å². The number of thioether (sulfide) groups is 2. The van der Waals surface area contributed by atoms with Crippen LogP contribution in [0.4, 0.5) is 0 Å². The van der Waals surface area contributed by atoms with Crippen molar-refractivity contribution in [3.05, 3.63) is 0 Å². The minimum absolute atomic E-state index is 0.194. The molecule has 2 atom stereocenters. The molecule has 1 amide bonds. The number of amides is 1. The van der Waals surface area contributed by atoms with E-state index in [-0.39, 0.29) is 5.91 Å². The predicted octanol–water partition coefficient (Wildman–Crippen LogP) is 1.73. The summed E-state index contributed by atoms with van der Waals surface area (Å²) in [7, 11) is 0. The molecule has 3 nitrogen and oxygen atoms in total. The standard InChI is InChI=1S/C12H24N2OS2/c1-3-16-6-4-10(2)14-12(15)8-11-9-17-7-5-13-11/h10-11,13H,3-9H2,1-2H3,(H,14,15). The predicted molar refractivity (Wildman–Crippen MR) is 79.0 cm³/mol. The Balaban J connectivity index is 2.10. The van der Waals surface area contributed by atoms with Gasteiger partial charge in [0.05, 0.1) is 0 Å². The molecule has 1 rings (SSSR count). The van der Waals surface area contributed by atoms with Crippen LogP contribution >= 0.6 is 23.5 Å². The Labute approximate surface area is 113 Å². The SMILES string of the molecule is CCSCCC(C)NC(=O)CC1CSCCN1. The largest absolute Gasteiger partial charge is 0.354 e. The van der Waals surface area contributed by atoms with E-state index < -0.39 is 0 Å². The Morgan fingerprint density at radius 2 is 2.47 bits per heavy atom. The first-order valence-corrected chi connectivity index (χ1v) is 8.71. The molecule has 0 bridgehead atoms. The second kappa shape index (κ2) is 9.11. The Morgan fingerprint density at radius 3 is 3.12 bits per heavy atom. The molecule has 0 saturated carbocycles. The lowest BCUT2D eigenvalue weighted by Crippen LogP contribution is -2.43. The van der Waals surface area contributed by atoms with E-state index in [0.29, 0.717) is 18.5 Å². The first-order valence-electron chi connectivity index (χ1n) is 6.40. The van der Waals surface area contributed by atoms with Crippen molar-refractivity contribution in [2.45, 2.75) is 38.8 Å². The van der Waals surface area contributed by atoms with Crippen molar-refractivity contribution in [1.82, 2.24) is 10.6 Å². The van der Waals surface area contributed by atoms with Crippen molar-refractivity contribution >= 4 is 29.4 Å². The number of hydrogen-bond donors (Lipinski definition) is 2. The molecule has 0 aromatic heterocycles. The van der Waals surface area contributed by atoms with E-state index in [1.54, 1.807) is 0 Å². The van der Waals surface area contributed by atoms with Crippen molar-refractivity contribution < 1.29 is 4.79 Å². The van der Waals surface area contributed by atoms with Crippen molar-refractivity contribution in [2.24, 2.45) is 0 Å². The zero-order valence-corrected chi connectivity index (χ0v) is 12.5. The third-order valence-electron chi connectivity index (χ3n) is 2.74. The van der Waals surface area contributed by atoms with Crippen LogP contribution in [0.3, 0.4) is 0 Å². The van der Waals surface area contributed by atoms with Crippen LogP contribution in [0, 0.1) is 0 Å². The molecular formula is C12H24N2OS2. The molecule has 5 heteroatoms. The van der Waals surface area contributed by atoms with Gasteiger partial charge in [-0.3, -0.25) is 4.79 Å². The lowest BCUT2D eigenvalue weighted by Gasteiger charge is -2.23. The molecule has 0 aliphatic carbocycles. The fraction of sp³-hybridized carbons (Fsp3) is 0.917. The maximum atomic E-state index is 11.8. The third-order valence-corrected chi connectivity index (χ3v) is 4.80. The number of hydrogen-bond acceptors (Lipinski definition) is 4. The molecule has 1 fully saturated rings. The Hall–Kier alpha value is 0.130. The first-order chi connectivity index (χ1) is 8.22. The van der Waals surface area contributed by atoms with E-state index in [2.05, 4.69) is 24.5 Å². The van der Waals surface area contributed by atoms with Crippen LogP contribution in [0.2, 0.25) is 0 Å². The smallest absolute Gasteiger partial charge is 0.221 e. The highest BCUT2D eigenvalue weighted by Gasteiger charge is 2.17. The van der Waals surface area contributed by atoms with E-state index in [4.69, 9.17) is 0 Å². The van der Waals surface area contributed by atoms with Gasteiger partial charge in [-0.2, -0.15) is 23.5 Å². The molecule has 0 aromatic rings. The number of nitrogens with one attached hydrogen (secondary N) is 2. The van der Waals surface area contributed by atoms with Crippen molar-refractivity contribution in [3.63, 3.8) is 0 Å². The Bertz CT molecular complexity index is 221. The van der Waals surface area contributed by atoms with Gasteiger partial charge < -0.3 is 10.6 Å². The van der Waals surface area contributed by atoms with Crippen LogP contribution in [0.5, 0.6) is 0 Å². The highest BCUT2D eigenvalue weighted by atomic mass is 32.2.